The highest BCUT2D eigenvalue weighted by Crippen LogP contribution is 1.98. The van der Waals surface area contributed by atoms with E-state index in [0.29, 0.717) is 13.1 Å². The Morgan fingerprint density at radius 3 is 2.21 bits per heavy atom. The lowest BCUT2D eigenvalue weighted by Crippen LogP contribution is -2.48. The number of nitrogens with two attached hydrogens (primary N) is 1. The van der Waals surface area contributed by atoms with Gasteiger partial charge in [0.05, 0.1) is 11.0 Å². The van der Waals surface area contributed by atoms with Crippen LogP contribution in [0.15, 0.2) is 0 Å². The Bertz CT molecular complexity index is 285. The summed E-state index contributed by atoms with van der Waals surface area (Å²) in [7, 11) is -3.45. The van der Waals surface area contributed by atoms with Crippen LogP contribution >= 0.6 is 12.2 Å². The molecule has 0 saturated heterocycles. The van der Waals surface area contributed by atoms with E-state index in [2.05, 4.69) is 16.9 Å². The fourth-order valence-electron chi connectivity index (χ4n) is 0.920. The lowest BCUT2D eigenvalue weighted by atomic mass is 10.4. The molecule has 3 N–H and O–H groups in total. The van der Waals surface area contributed by atoms with E-state index in [9.17, 15) is 8.42 Å². The van der Waals surface area contributed by atoms with Gasteiger partial charge in [-0.1, -0.05) is 26.1 Å². The number of thiocarbonyl (C=S) groups is 1. The Hall–Kier alpha value is -0.240. The molecule has 0 aliphatic rings. The minimum absolute atomic E-state index is 0.140. The van der Waals surface area contributed by atoms with Gasteiger partial charge in [-0.2, -0.15) is 17.4 Å². The largest absolute Gasteiger partial charge is 0.392 e. The van der Waals surface area contributed by atoms with Gasteiger partial charge in [0.1, 0.15) is 0 Å². The molecule has 0 heterocycles. The zero-order valence-electron chi connectivity index (χ0n) is 8.65. The van der Waals surface area contributed by atoms with E-state index in [0.717, 1.165) is 0 Å². The monoisotopic (exact) mass is 239 g/mol. The molecule has 1 unspecified atom stereocenters. The first kappa shape index (κ1) is 13.8. The molecule has 0 aliphatic carbocycles. The summed E-state index contributed by atoms with van der Waals surface area (Å²) in [4.78, 5) is 0.140. The minimum Gasteiger partial charge on any atom is -0.392 e. The smallest absolute Gasteiger partial charge is 0.280 e. The highest BCUT2D eigenvalue weighted by Gasteiger charge is 2.21. The van der Waals surface area contributed by atoms with Gasteiger partial charge in [-0.05, 0) is 6.92 Å². The van der Waals surface area contributed by atoms with Crippen molar-refractivity contribution >= 4 is 27.4 Å². The predicted molar refractivity (Wildman–Crippen MR) is 61.2 cm³/mol. The van der Waals surface area contributed by atoms with Crippen molar-refractivity contribution in [2.45, 2.75) is 26.8 Å². The van der Waals surface area contributed by atoms with Gasteiger partial charge >= 0.3 is 0 Å². The third kappa shape index (κ3) is 3.87. The molecule has 0 amide bonds. The molecule has 7 heteroatoms. The molecule has 0 radical (unpaired) electrons. The van der Waals surface area contributed by atoms with Crippen LogP contribution in [0.3, 0.4) is 0 Å². The van der Waals surface area contributed by atoms with Gasteiger partial charge in [-0.15, -0.1) is 0 Å². The van der Waals surface area contributed by atoms with Gasteiger partial charge in [0.25, 0.3) is 10.2 Å². The van der Waals surface area contributed by atoms with E-state index >= 15 is 0 Å². The Kier molecular flexibility index (Phi) is 5.50. The zero-order chi connectivity index (χ0) is 11.4. The summed E-state index contributed by atoms with van der Waals surface area (Å²) < 4.78 is 26.9. The third-order valence-electron chi connectivity index (χ3n) is 1.80. The highest BCUT2D eigenvalue weighted by molar-refractivity contribution is 7.87. The first-order valence-electron chi connectivity index (χ1n) is 4.41. The van der Waals surface area contributed by atoms with Crippen LogP contribution in [-0.4, -0.2) is 36.8 Å². The van der Waals surface area contributed by atoms with E-state index < -0.39 is 16.3 Å². The molecule has 5 nitrogen and oxygen atoms in total. The van der Waals surface area contributed by atoms with E-state index in [1.54, 1.807) is 20.8 Å². The van der Waals surface area contributed by atoms with Gasteiger partial charge in [0, 0.05) is 13.1 Å². The lowest BCUT2D eigenvalue weighted by molar-refractivity contribution is 0.433. The molecular weight excluding hydrogens is 222 g/mol. The van der Waals surface area contributed by atoms with Crippen LogP contribution in [0, 0.1) is 0 Å². The third-order valence-corrected chi connectivity index (χ3v) is 4.00. The predicted octanol–water partition coefficient (Wildman–Crippen LogP) is -0.163. The van der Waals surface area contributed by atoms with Crippen LogP contribution in [-0.2, 0) is 10.2 Å². The molecular formula is C7H17N3O2S2. The van der Waals surface area contributed by atoms with Gasteiger partial charge < -0.3 is 5.73 Å². The average molecular weight is 239 g/mol. The summed E-state index contributed by atoms with van der Waals surface area (Å²) in [6.45, 7) is 6.01. The molecule has 0 rings (SSSR count). The van der Waals surface area contributed by atoms with Gasteiger partial charge in [-0.3, -0.25) is 0 Å². The van der Waals surface area contributed by atoms with Crippen molar-refractivity contribution in [3.05, 3.63) is 0 Å². The molecule has 0 aromatic heterocycles. The summed E-state index contributed by atoms with van der Waals surface area (Å²) in [6, 6.07) is -0.518. The normalized spacial score (nSPS) is 14.3. The van der Waals surface area contributed by atoms with Crippen LogP contribution in [0.2, 0.25) is 0 Å². The molecule has 0 bridgehead atoms. The van der Waals surface area contributed by atoms with Crippen LogP contribution in [0.4, 0.5) is 0 Å². The van der Waals surface area contributed by atoms with Crippen molar-refractivity contribution in [2.75, 3.05) is 13.1 Å². The maximum atomic E-state index is 11.6. The van der Waals surface area contributed by atoms with Crippen LogP contribution in [0.1, 0.15) is 20.8 Å². The Balaban J connectivity index is 4.56. The Labute approximate surface area is 90.8 Å². The SMILES string of the molecule is CCN(CC)S(=O)(=O)NC(C)C(N)=S. The topological polar surface area (TPSA) is 75.4 Å². The van der Waals surface area contributed by atoms with Crippen molar-refractivity contribution in [1.82, 2.24) is 9.03 Å². The van der Waals surface area contributed by atoms with Crippen molar-refractivity contribution < 1.29 is 8.42 Å². The summed E-state index contributed by atoms with van der Waals surface area (Å²) in [6.07, 6.45) is 0. The van der Waals surface area contributed by atoms with Gasteiger partial charge in [-0.25, -0.2) is 0 Å². The standard InChI is InChI=1S/C7H17N3O2S2/c1-4-10(5-2)14(11,12)9-6(3)7(8)13/h6,9H,4-5H2,1-3H3,(H2,8,13). The van der Waals surface area contributed by atoms with E-state index in [1.807, 2.05) is 0 Å². The second-order valence-corrected chi connectivity index (χ2v) is 5.00. The maximum Gasteiger partial charge on any atom is 0.280 e. The van der Waals surface area contributed by atoms with Crippen LogP contribution in [0.5, 0.6) is 0 Å². The first-order chi connectivity index (χ1) is 6.35. The van der Waals surface area contributed by atoms with E-state index in [4.69, 9.17) is 5.73 Å². The molecule has 0 aliphatic heterocycles. The van der Waals surface area contributed by atoms with Crippen molar-refractivity contribution in [2.24, 2.45) is 5.73 Å². The van der Waals surface area contributed by atoms with E-state index in [-0.39, 0.29) is 4.99 Å². The quantitative estimate of drug-likeness (QED) is 0.631. The van der Waals surface area contributed by atoms with Gasteiger partial charge in [0.2, 0.25) is 0 Å². The number of rotatable bonds is 6. The lowest BCUT2D eigenvalue weighted by Gasteiger charge is -2.21. The fourth-order valence-corrected chi connectivity index (χ4v) is 2.46. The van der Waals surface area contributed by atoms with Gasteiger partial charge in [0.15, 0.2) is 0 Å². The average Bonchev–Trinajstić information content (AvgIpc) is 2.04. The molecule has 84 valence electrons. The number of hydrogen-bond acceptors (Lipinski definition) is 3. The molecule has 0 aromatic rings. The minimum atomic E-state index is -3.45. The Morgan fingerprint density at radius 1 is 1.50 bits per heavy atom. The summed E-state index contributed by atoms with van der Waals surface area (Å²) >= 11 is 4.68. The number of hydrogen-bond donors (Lipinski definition) is 2. The van der Waals surface area contributed by atoms with Crippen molar-refractivity contribution in [1.29, 1.82) is 0 Å². The molecule has 1 atom stereocenters. The number of nitrogens with zero attached hydrogens (tertiary/aromatic N) is 1. The molecule has 0 aromatic carbocycles. The fraction of sp³-hybridized carbons (Fsp3) is 0.857. The summed E-state index contributed by atoms with van der Waals surface area (Å²) in [5, 5.41) is 0. The second kappa shape index (κ2) is 5.59. The maximum absolute atomic E-state index is 11.6. The molecule has 0 fully saturated rings. The van der Waals surface area contributed by atoms with Crippen LogP contribution in [0.25, 0.3) is 0 Å². The summed E-state index contributed by atoms with van der Waals surface area (Å²) in [5.74, 6) is 0. The second-order valence-electron chi connectivity index (χ2n) is 2.83. The van der Waals surface area contributed by atoms with Crippen molar-refractivity contribution in [3.63, 3.8) is 0 Å². The van der Waals surface area contributed by atoms with Crippen molar-refractivity contribution in [3.8, 4) is 0 Å². The summed E-state index contributed by atoms with van der Waals surface area (Å²) in [5.41, 5.74) is 5.31. The molecule has 0 spiro atoms. The molecule has 0 saturated carbocycles. The van der Waals surface area contributed by atoms with Crippen LogP contribution < -0.4 is 10.5 Å². The highest BCUT2D eigenvalue weighted by atomic mass is 32.2. The molecule has 14 heavy (non-hydrogen) atoms. The Morgan fingerprint density at radius 2 is 1.93 bits per heavy atom. The van der Waals surface area contributed by atoms with E-state index in [1.165, 1.54) is 4.31 Å². The first-order valence-corrected chi connectivity index (χ1v) is 6.26. The zero-order valence-corrected chi connectivity index (χ0v) is 10.3. The number of nitrogens with one attached hydrogen (secondary N) is 1.